The van der Waals surface area contributed by atoms with Crippen molar-refractivity contribution in [1.82, 2.24) is 9.21 Å². The van der Waals surface area contributed by atoms with Gasteiger partial charge in [-0.05, 0) is 61.0 Å². The molecule has 1 aliphatic heterocycles. The first-order chi connectivity index (χ1) is 16.7. The number of sulfonamides is 1. The van der Waals surface area contributed by atoms with Crippen LogP contribution in [0.2, 0.25) is 5.02 Å². The van der Waals surface area contributed by atoms with Gasteiger partial charge in [-0.2, -0.15) is 4.31 Å². The Bertz CT molecular complexity index is 1280. The summed E-state index contributed by atoms with van der Waals surface area (Å²) in [6.45, 7) is 3.69. The molecule has 6 nitrogen and oxygen atoms in total. The second-order valence-corrected chi connectivity index (χ2v) is 10.9. The molecule has 1 amide bonds. The zero-order chi connectivity index (χ0) is 25.0. The van der Waals surface area contributed by atoms with Gasteiger partial charge >= 0.3 is 0 Å². The molecular formula is C26H27ClFN3O3S. The smallest absolute Gasteiger partial charge is 0.243 e. The zero-order valence-electron chi connectivity index (χ0n) is 19.4. The number of benzene rings is 3. The Morgan fingerprint density at radius 1 is 0.971 bits per heavy atom. The van der Waals surface area contributed by atoms with E-state index in [2.05, 4.69) is 4.90 Å². The Morgan fingerprint density at radius 2 is 1.63 bits per heavy atom. The summed E-state index contributed by atoms with van der Waals surface area (Å²) in [4.78, 5) is 17.1. The van der Waals surface area contributed by atoms with Crippen molar-refractivity contribution in [3.63, 3.8) is 0 Å². The Morgan fingerprint density at radius 3 is 2.26 bits per heavy atom. The van der Waals surface area contributed by atoms with Crippen LogP contribution in [0.4, 0.5) is 10.1 Å². The van der Waals surface area contributed by atoms with Crippen molar-refractivity contribution in [1.29, 1.82) is 0 Å². The van der Waals surface area contributed by atoms with Gasteiger partial charge in [0.15, 0.2) is 0 Å². The standard InChI is InChI=1S/C26H27ClFN3O3S/c1-20-5-11-25(12-6-20)35(33,34)31(18-21-3-2-4-22(27)17-21)19-26(32)30-15-13-29(14-16-30)24-9-7-23(28)8-10-24/h2-12,17H,13-16,18-19H2,1H3. The number of hydrogen-bond donors (Lipinski definition) is 0. The van der Waals surface area contributed by atoms with E-state index in [4.69, 9.17) is 11.6 Å². The molecule has 35 heavy (non-hydrogen) atoms. The zero-order valence-corrected chi connectivity index (χ0v) is 21.0. The lowest BCUT2D eigenvalue weighted by Gasteiger charge is -2.37. The van der Waals surface area contributed by atoms with Gasteiger partial charge in [0.1, 0.15) is 5.82 Å². The second-order valence-electron chi connectivity index (χ2n) is 8.56. The van der Waals surface area contributed by atoms with E-state index in [1.807, 2.05) is 6.92 Å². The van der Waals surface area contributed by atoms with E-state index in [9.17, 15) is 17.6 Å². The molecule has 3 aromatic carbocycles. The van der Waals surface area contributed by atoms with E-state index >= 15 is 0 Å². The molecule has 0 radical (unpaired) electrons. The highest BCUT2D eigenvalue weighted by atomic mass is 35.5. The molecule has 0 aliphatic carbocycles. The predicted octanol–water partition coefficient (Wildman–Crippen LogP) is 4.33. The number of rotatable bonds is 7. The molecule has 3 aromatic rings. The first kappa shape index (κ1) is 25.2. The highest BCUT2D eigenvalue weighted by Crippen LogP contribution is 2.22. The molecule has 0 atom stereocenters. The van der Waals surface area contributed by atoms with E-state index in [1.54, 1.807) is 65.6 Å². The Kier molecular flexibility index (Phi) is 7.74. The van der Waals surface area contributed by atoms with Crippen molar-refractivity contribution >= 4 is 33.2 Å². The minimum Gasteiger partial charge on any atom is -0.368 e. The maximum atomic E-state index is 13.5. The van der Waals surface area contributed by atoms with Gasteiger partial charge in [0.2, 0.25) is 15.9 Å². The molecule has 9 heteroatoms. The summed E-state index contributed by atoms with van der Waals surface area (Å²) in [5.74, 6) is -0.557. The van der Waals surface area contributed by atoms with Gasteiger partial charge in [-0.15, -0.1) is 0 Å². The molecule has 0 spiro atoms. The van der Waals surface area contributed by atoms with Gasteiger partial charge in [0.05, 0.1) is 11.4 Å². The van der Waals surface area contributed by atoms with Gasteiger partial charge < -0.3 is 9.80 Å². The van der Waals surface area contributed by atoms with Gasteiger partial charge in [-0.1, -0.05) is 41.4 Å². The number of carbonyl (C=O) groups excluding carboxylic acids is 1. The fraction of sp³-hybridized carbons (Fsp3) is 0.269. The summed E-state index contributed by atoms with van der Waals surface area (Å²) in [6, 6.07) is 19.8. The van der Waals surface area contributed by atoms with Crippen molar-refractivity contribution in [3.05, 3.63) is 94.8 Å². The molecule has 0 saturated carbocycles. The molecule has 1 aliphatic rings. The number of anilines is 1. The van der Waals surface area contributed by atoms with E-state index < -0.39 is 10.0 Å². The minimum absolute atomic E-state index is 0.0258. The van der Waals surface area contributed by atoms with Crippen LogP contribution in [0.5, 0.6) is 0 Å². The van der Waals surface area contributed by atoms with Crippen LogP contribution >= 0.6 is 11.6 Å². The van der Waals surface area contributed by atoms with E-state index in [-0.39, 0.29) is 29.7 Å². The summed E-state index contributed by atoms with van der Waals surface area (Å²) in [6.07, 6.45) is 0. The van der Waals surface area contributed by atoms with Crippen molar-refractivity contribution < 1.29 is 17.6 Å². The van der Waals surface area contributed by atoms with Crippen LogP contribution in [0.25, 0.3) is 0 Å². The second kappa shape index (κ2) is 10.8. The van der Waals surface area contributed by atoms with Crippen molar-refractivity contribution in [3.8, 4) is 0 Å². The fourth-order valence-corrected chi connectivity index (χ4v) is 5.63. The van der Waals surface area contributed by atoms with Crippen molar-refractivity contribution in [2.24, 2.45) is 0 Å². The van der Waals surface area contributed by atoms with Gasteiger partial charge in [-0.3, -0.25) is 4.79 Å². The van der Waals surface area contributed by atoms with Gasteiger partial charge in [0.25, 0.3) is 0 Å². The number of carbonyl (C=O) groups is 1. The number of amides is 1. The largest absolute Gasteiger partial charge is 0.368 e. The van der Waals surface area contributed by atoms with Crippen LogP contribution in [0.15, 0.2) is 77.7 Å². The highest BCUT2D eigenvalue weighted by molar-refractivity contribution is 7.89. The lowest BCUT2D eigenvalue weighted by molar-refractivity contribution is -0.131. The average molecular weight is 516 g/mol. The number of aryl methyl sites for hydroxylation is 1. The van der Waals surface area contributed by atoms with Crippen LogP contribution in [0.1, 0.15) is 11.1 Å². The molecule has 1 heterocycles. The van der Waals surface area contributed by atoms with Crippen LogP contribution < -0.4 is 4.90 Å². The number of hydrogen-bond acceptors (Lipinski definition) is 4. The lowest BCUT2D eigenvalue weighted by Crippen LogP contribution is -2.51. The highest BCUT2D eigenvalue weighted by Gasteiger charge is 2.30. The van der Waals surface area contributed by atoms with Gasteiger partial charge in [0, 0.05) is 43.4 Å². The minimum atomic E-state index is -3.92. The fourth-order valence-electron chi connectivity index (χ4n) is 4.04. The molecule has 4 rings (SSSR count). The van der Waals surface area contributed by atoms with Crippen LogP contribution in [0, 0.1) is 12.7 Å². The Balaban J connectivity index is 1.50. The predicted molar refractivity (Wildman–Crippen MR) is 135 cm³/mol. The third-order valence-electron chi connectivity index (χ3n) is 6.04. The summed E-state index contributed by atoms with van der Waals surface area (Å²) >= 11 is 6.11. The molecular weight excluding hydrogens is 489 g/mol. The maximum Gasteiger partial charge on any atom is 0.243 e. The first-order valence-corrected chi connectivity index (χ1v) is 13.1. The Hall–Kier alpha value is -2.94. The molecule has 0 N–H and O–H groups in total. The topological polar surface area (TPSA) is 60.9 Å². The van der Waals surface area contributed by atoms with Gasteiger partial charge in [-0.25, -0.2) is 12.8 Å². The van der Waals surface area contributed by atoms with E-state index in [0.717, 1.165) is 11.3 Å². The Labute approximate surface area is 210 Å². The average Bonchev–Trinajstić information content (AvgIpc) is 2.84. The lowest BCUT2D eigenvalue weighted by atomic mass is 10.2. The van der Waals surface area contributed by atoms with Crippen LogP contribution in [-0.2, 0) is 21.4 Å². The molecule has 0 unspecified atom stereocenters. The number of nitrogens with zero attached hydrogens (tertiary/aromatic N) is 3. The number of halogens is 2. The first-order valence-electron chi connectivity index (χ1n) is 11.3. The molecule has 0 aromatic heterocycles. The van der Waals surface area contributed by atoms with Crippen molar-refractivity contribution in [2.75, 3.05) is 37.6 Å². The molecule has 0 bridgehead atoms. The summed E-state index contributed by atoms with van der Waals surface area (Å²) in [5.41, 5.74) is 2.53. The quantitative estimate of drug-likeness (QED) is 0.470. The normalized spacial score (nSPS) is 14.4. The summed E-state index contributed by atoms with van der Waals surface area (Å²) in [7, 11) is -3.92. The SMILES string of the molecule is Cc1ccc(S(=O)(=O)N(CC(=O)N2CCN(c3ccc(F)cc3)CC2)Cc2cccc(Cl)c2)cc1. The third-order valence-corrected chi connectivity index (χ3v) is 8.08. The van der Waals surface area contributed by atoms with Crippen LogP contribution in [0.3, 0.4) is 0 Å². The molecule has 1 saturated heterocycles. The molecule has 1 fully saturated rings. The van der Waals surface area contributed by atoms with E-state index in [0.29, 0.717) is 36.8 Å². The third kappa shape index (κ3) is 6.20. The number of piperazine rings is 1. The molecule has 184 valence electrons. The van der Waals surface area contributed by atoms with E-state index in [1.165, 1.54) is 16.4 Å². The van der Waals surface area contributed by atoms with Crippen LogP contribution in [-0.4, -0.2) is 56.3 Å². The maximum absolute atomic E-state index is 13.5. The summed E-state index contributed by atoms with van der Waals surface area (Å²) < 4.78 is 41.4. The monoisotopic (exact) mass is 515 g/mol. The van der Waals surface area contributed by atoms with Crippen molar-refractivity contribution in [2.45, 2.75) is 18.4 Å². The summed E-state index contributed by atoms with van der Waals surface area (Å²) in [5, 5.41) is 0.499.